The SMILES string of the molecule is BC(C)CBCC(C)(C)CCC. The van der Waals surface area contributed by atoms with E-state index in [2.05, 4.69) is 35.5 Å². The highest BCUT2D eigenvalue weighted by molar-refractivity contribution is 6.37. The molecule has 2 heteroatoms. The average molecular weight is 166 g/mol. The van der Waals surface area contributed by atoms with Crippen molar-refractivity contribution in [3.05, 3.63) is 0 Å². The first-order valence-electron chi connectivity index (χ1n) is 5.48. The zero-order valence-corrected chi connectivity index (χ0v) is 9.61. The lowest BCUT2D eigenvalue weighted by Crippen LogP contribution is -2.13. The van der Waals surface area contributed by atoms with Gasteiger partial charge in [0.25, 0.3) is 0 Å². The maximum Gasteiger partial charge on any atom is 0.120 e. The van der Waals surface area contributed by atoms with Crippen molar-refractivity contribution in [1.82, 2.24) is 0 Å². The summed E-state index contributed by atoms with van der Waals surface area (Å²) in [5, 5.41) is 0. The van der Waals surface area contributed by atoms with Crippen LogP contribution in [-0.4, -0.2) is 15.1 Å². The van der Waals surface area contributed by atoms with Gasteiger partial charge in [0.15, 0.2) is 0 Å². The molecule has 0 heterocycles. The smallest absolute Gasteiger partial charge is 0.0819 e. The molecule has 0 radical (unpaired) electrons. The van der Waals surface area contributed by atoms with E-state index < -0.39 is 0 Å². The summed E-state index contributed by atoms with van der Waals surface area (Å²) in [6, 6.07) is 0. The molecule has 0 aliphatic carbocycles. The molecule has 12 heavy (non-hydrogen) atoms. The van der Waals surface area contributed by atoms with Gasteiger partial charge in [-0.15, -0.1) is 0 Å². The number of rotatable bonds is 6. The summed E-state index contributed by atoms with van der Waals surface area (Å²) in [6.45, 7) is 9.39. The maximum absolute atomic E-state index is 2.40. The number of hydrogen-bond donors (Lipinski definition) is 0. The molecule has 0 saturated carbocycles. The van der Waals surface area contributed by atoms with Crippen LogP contribution in [0.25, 0.3) is 0 Å². The molecule has 0 spiro atoms. The van der Waals surface area contributed by atoms with Crippen LogP contribution in [0.2, 0.25) is 18.5 Å². The van der Waals surface area contributed by atoms with Crippen LogP contribution in [-0.2, 0) is 0 Å². The normalized spacial score (nSPS) is 14.3. The van der Waals surface area contributed by atoms with Crippen molar-refractivity contribution in [2.45, 2.75) is 59.0 Å². The lowest BCUT2D eigenvalue weighted by atomic mass is 9.56. The van der Waals surface area contributed by atoms with Crippen LogP contribution >= 0.6 is 0 Å². The first kappa shape index (κ1) is 12.1. The van der Waals surface area contributed by atoms with Crippen molar-refractivity contribution in [3.63, 3.8) is 0 Å². The molecule has 1 unspecified atom stereocenters. The molecular weight excluding hydrogens is 142 g/mol. The molecule has 0 rings (SSSR count). The quantitative estimate of drug-likeness (QED) is 0.531. The summed E-state index contributed by atoms with van der Waals surface area (Å²) in [5.41, 5.74) is 0.587. The predicted molar refractivity (Wildman–Crippen MR) is 63.4 cm³/mol. The Balaban J connectivity index is 3.46. The van der Waals surface area contributed by atoms with Crippen molar-refractivity contribution in [2.24, 2.45) is 5.41 Å². The van der Waals surface area contributed by atoms with Crippen LogP contribution in [0.5, 0.6) is 0 Å². The molecule has 0 bridgehead atoms. The van der Waals surface area contributed by atoms with E-state index in [0.29, 0.717) is 5.41 Å². The fourth-order valence-electron chi connectivity index (χ4n) is 1.79. The highest BCUT2D eigenvalue weighted by Gasteiger charge is 2.16. The summed E-state index contributed by atoms with van der Waals surface area (Å²) in [5.74, 6) is 0.877. The van der Waals surface area contributed by atoms with E-state index >= 15 is 0 Å². The van der Waals surface area contributed by atoms with Crippen LogP contribution in [0.4, 0.5) is 0 Å². The predicted octanol–water partition coefficient (Wildman–Crippen LogP) is 2.53. The van der Waals surface area contributed by atoms with Gasteiger partial charge in [-0.3, -0.25) is 0 Å². The highest BCUT2D eigenvalue weighted by atomic mass is 14.2. The second kappa shape index (κ2) is 5.72. The Bertz CT molecular complexity index is 108. The van der Waals surface area contributed by atoms with Crippen LogP contribution in [0.1, 0.15) is 40.5 Å². The van der Waals surface area contributed by atoms with E-state index in [9.17, 15) is 0 Å². The van der Waals surface area contributed by atoms with Crippen LogP contribution < -0.4 is 0 Å². The Morgan fingerprint density at radius 3 is 2.42 bits per heavy atom. The summed E-state index contributed by atoms with van der Waals surface area (Å²) in [7, 11) is 3.72. The summed E-state index contributed by atoms with van der Waals surface area (Å²) in [4.78, 5) is 0. The minimum absolute atomic E-state index is 0.587. The second-order valence-electron chi connectivity index (χ2n) is 5.20. The van der Waals surface area contributed by atoms with Crippen molar-refractivity contribution >= 4 is 15.1 Å². The zero-order valence-electron chi connectivity index (χ0n) is 9.61. The van der Waals surface area contributed by atoms with E-state index in [1.807, 2.05) is 0 Å². The summed E-state index contributed by atoms with van der Waals surface area (Å²) >= 11 is 0. The molecule has 0 aliphatic rings. The summed E-state index contributed by atoms with van der Waals surface area (Å²) in [6.07, 6.45) is 5.51. The zero-order chi connectivity index (χ0) is 9.61. The van der Waals surface area contributed by atoms with Gasteiger partial charge in [0, 0.05) is 0 Å². The molecule has 0 aromatic heterocycles. The minimum Gasteiger partial charge on any atom is -0.0819 e. The average Bonchev–Trinajstić information content (AvgIpc) is 1.85. The van der Waals surface area contributed by atoms with Gasteiger partial charge in [0.2, 0.25) is 0 Å². The van der Waals surface area contributed by atoms with E-state index in [1.54, 1.807) is 0 Å². The first-order valence-corrected chi connectivity index (χ1v) is 5.48. The Morgan fingerprint density at radius 1 is 1.42 bits per heavy atom. The number of hydrogen-bond acceptors (Lipinski definition) is 0. The first-order chi connectivity index (χ1) is 5.48. The van der Waals surface area contributed by atoms with E-state index in [1.165, 1.54) is 32.8 Å². The third kappa shape index (κ3) is 6.82. The van der Waals surface area contributed by atoms with Gasteiger partial charge in [0.1, 0.15) is 15.1 Å². The lowest BCUT2D eigenvalue weighted by molar-refractivity contribution is 0.371. The summed E-state index contributed by atoms with van der Waals surface area (Å²) < 4.78 is 0. The van der Waals surface area contributed by atoms with Gasteiger partial charge in [-0.05, 0) is 11.8 Å². The van der Waals surface area contributed by atoms with Crippen molar-refractivity contribution in [1.29, 1.82) is 0 Å². The molecule has 0 N–H and O–H groups in total. The third-order valence-electron chi connectivity index (χ3n) is 2.56. The monoisotopic (exact) mass is 166 g/mol. The standard InChI is InChI=1S/C10H24B2/c1-5-6-10(3,4)8-12-7-9(2)11/h9,12H,5-8,11H2,1-4H3. The molecule has 0 aromatic rings. The van der Waals surface area contributed by atoms with Gasteiger partial charge in [-0.1, -0.05) is 52.6 Å². The van der Waals surface area contributed by atoms with Gasteiger partial charge in [-0.25, -0.2) is 0 Å². The topological polar surface area (TPSA) is 0 Å². The molecular formula is C10H24B2. The second-order valence-corrected chi connectivity index (χ2v) is 5.20. The fraction of sp³-hybridized carbons (Fsp3) is 1.00. The van der Waals surface area contributed by atoms with Crippen LogP contribution in [0.3, 0.4) is 0 Å². The fourth-order valence-corrected chi connectivity index (χ4v) is 1.79. The Hall–Kier alpha value is 0.130. The third-order valence-corrected chi connectivity index (χ3v) is 2.56. The van der Waals surface area contributed by atoms with E-state index in [-0.39, 0.29) is 0 Å². The molecule has 0 aromatic carbocycles. The Kier molecular flexibility index (Phi) is 5.78. The lowest BCUT2D eigenvalue weighted by Gasteiger charge is -2.23. The van der Waals surface area contributed by atoms with Crippen LogP contribution in [0, 0.1) is 5.41 Å². The van der Waals surface area contributed by atoms with Crippen molar-refractivity contribution in [3.8, 4) is 0 Å². The van der Waals surface area contributed by atoms with Gasteiger partial charge >= 0.3 is 0 Å². The van der Waals surface area contributed by atoms with Gasteiger partial charge in [-0.2, -0.15) is 0 Å². The van der Waals surface area contributed by atoms with E-state index in [0.717, 1.165) is 5.82 Å². The Morgan fingerprint density at radius 2 is 2.00 bits per heavy atom. The highest BCUT2D eigenvalue weighted by Crippen LogP contribution is 2.27. The van der Waals surface area contributed by atoms with Crippen molar-refractivity contribution < 1.29 is 0 Å². The molecule has 0 fully saturated rings. The molecule has 0 amide bonds. The van der Waals surface area contributed by atoms with Gasteiger partial charge in [0.05, 0.1) is 0 Å². The molecule has 70 valence electrons. The van der Waals surface area contributed by atoms with E-state index in [4.69, 9.17) is 0 Å². The van der Waals surface area contributed by atoms with Crippen molar-refractivity contribution in [2.75, 3.05) is 0 Å². The largest absolute Gasteiger partial charge is 0.120 e. The molecule has 0 nitrogen and oxygen atoms in total. The molecule has 0 saturated heterocycles. The minimum atomic E-state index is 0.587. The van der Waals surface area contributed by atoms with Gasteiger partial charge < -0.3 is 0 Å². The molecule has 0 aliphatic heterocycles. The maximum atomic E-state index is 2.40. The Labute approximate surface area is 80.2 Å². The molecule has 1 atom stereocenters. The van der Waals surface area contributed by atoms with Crippen LogP contribution in [0.15, 0.2) is 0 Å².